The molecule has 0 bridgehead atoms. The molecule has 1 heterocycles. The average Bonchev–Trinajstić information content (AvgIpc) is 2.46. The van der Waals surface area contributed by atoms with Gasteiger partial charge in [-0.25, -0.2) is 4.79 Å². The van der Waals surface area contributed by atoms with Crippen LogP contribution >= 0.6 is 0 Å². The summed E-state index contributed by atoms with van der Waals surface area (Å²) in [5.74, 6) is -0.608. The molecule has 1 aromatic rings. The van der Waals surface area contributed by atoms with Crippen LogP contribution in [0.3, 0.4) is 0 Å². The van der Waals surface area contributed by atoms with E-state index in [1.807, 2.05) is 0 Å². The number of nitrogens with zero attached hydrogens (tertiary/aromatic N) is 1. The highest BCUT2D eigenvalue weighted by Crippen LogP contribution is 2.23. The van der Waals surface area contributed by atoms with Gasteiger partial charge in [-0.1, -0.05) is 6.92 Å². The van der Waals surface area contributed by atoms with Crippen LogP contribution in [0, 0.1) is 0 Å². The Hall–Kier alpha value is -1.79. The summed E-state index contributed by atoms with van der Waals surface area (Å²) >= 11 is 0. The molecule has 1 fully saturated rings. The van der Waals surface area contributed by atoms with Crippen LogP contribution in [0.5, 0.6) is 5.75 Å². The Morgan fingerprint density at radius 1 is 1.60 bits per heavy atom. The molecule has 0 aliphatic carbocycles. The van der Waals surface area contributed by atoms with Gasteiger partial charge in [-0.15, -0.1) is 0 Å². The highest BCUT2D eigenvalue weighted by Gasteiger charge is 2.20. The maximum atomic E-state index is 10.9. The SMILES string of the molecule is CCN1CCOC(COc2cc(C(=O)O)ccc2N)C1. The zero-order chi connectivity index (χ0) is 14.5. The second kappa shape index (κ2) is 6.58. The van der Waals surface area contributed by atoms with Gasteiger partial charge < -0.3 is 20.3 Å². The van der Waals surface area contributed by atoms with Crippen LogP contribution in [0.1, 0.15) is 17.3 Å². The van der Waals surface area contributed by atoms with Gasteiger partial charge in [-0.2, -0.15) is 0 Å². The summed E-state index contributed by atoms with van der Waals surface area (Å²) in [5, 5.41) is 8.96. The molecule has 3 N–H and O–H groups in total. The molecule has 6 heteroatoms. The number of hydrogen-bond acceptors (Lipinski definition) is 5. The molecule has 1 aliphatic rings. The van der Waals surface area contributed by atoms with Crippen molar-refractivity contribution in [3.8, 4) is 5.75 Å². The lowest BCUT2D eigenvalue weighted by Crippen LogP contribution is -2.44. The molecule has 1 aromatic carbocycles. The van der Waals surface area contributed by atoms with Crippen LogP contribution in [-0.4, -0.2) is 54.9 Å². The van der Waals surface area contributed by atoms with Gasteiger partial charge >= 0.3 is 5.97 Å². The third kappa shape index (κ3) is 3.61. The average molecular weight is 280 g/mol. The predicted octanol–water partition coefficient (Wildman–Crippen LogP) is 1.07. The van der Waals surface area contributed by atoms with E-state index in [2.05, 4.69) is 11.8 Å². The normalized spacial score (nSPS) is 19.8. The van der Waals surface area contributed by atoms with Crippen molar-refractivity contribution in [1.29, 1.82) is 0 Å². The van der Waals surface area contributed by atoms with E-state index in [9.17, 15) is 4.79 Å². The number of carboxylic acids is 1. The van der Waals surface area contributed by atoms with Gasteiger partial charge in [0.25, 0.3) is 0 Å². The molecule has 20 heavy (non-hydrogen) atoms. The third-order valence-corrected chi connectivity index (χ3v) is 3.36. The zero-order valence-corrected chi connectivity index (χ0v) is 11.5. The number of rotatable bonds is 5. The number of hydrogen-bond donors (Lipinski definition) is 2. The predicted molar refractivity (Wildman–Crippen MR) is 75.2 cm³/mol. The lowest BCUT2D eigenvalue weighted by molar-refractivity contribution is -0.0463. The molecule has 6 nitrogen and oxygen atoms in total. The first-order chi connectivity index (χ1) is 9.60. The maximum absolute atomic E-state index is 10.9. The van der Waals surface area contributed by atoms with Gasteiger partial charge in [0.05, 0.1) is 17.9 Å². The fourth-order valence-corrected chi connectivity index (χ4v) is 2.14. The fraction of sp³-hybridized carbons (Fsp3) is 0.500. The lowest BCUT2D eigenvalue weighted by Gasteiger charge is -2.31. The Kier molecular flexibility index (Phi) is 4.81. The minimum Gasteiger partial charge on any atom is -0.489 e. The van der Waals surface area contributed by atoms with Crippen molar-refractivity contribution in [3.05, 3.63) is 23.8 Å². The van der Waals surface area contributed by atoms with Gasteiger partial charge in [0.1, 0.15) is 18.5 Å². The van der Waals surface area contributed by atoms with E-state index in [0.717, 1.165) is 19.6 Å². The Morgan fingerprint density at radius 2 is 2.40 bits per heavy atom. The van der Waals surface area contributed by atoms with Crippen LogP contribution in [0.25, 0.3) is 0 Å². The summed E-state index contributed by atoms with van der Waals surface area (Å²) in [6, 6.07) is 4.44. The first kappa shape index (κ1) is 14.6. The van der Waals surface area contributed by atoms with E-state index in [1.54, 1.807) is 6.07 Å². The number of benzene rings is 1. The molecule has 0 radical (unpaired) electrons. The van der Waals surface area contributed by atoms with Crippen molar-refractivity contribution in [3.63, 3.8) is 0 Å². The molecule has 0 aromatic heterocycles. The van der Waals surface area contributed by atoms with E-state index in [-0.39, 0.29) is 11.7 Å². The van der Waals surface area contributed by atoms with Gasteiger partial charge in [-0.05, 0) is 24.7 Å². The highest BCUT2D eigenvalue weighted by atomic mass is 16.5. The zero-order valence-electron chi connectivity index (χ0n) is 11.5. The summed E-state index contributed by atoms with van der Waals surface area (Å²) in [6.45, 7) is 5.89. The number of likely N-dealkylation sites (N-methyl/N-ethyl adjacent to an activating group) is 1. The summed E-state index contributed by atoms with van der Waals surface area (Å²) in [4.78, 5) is 13.2. The Morgan fingerprint density at radius 3 is 3.10 bits per heavy atom. The molecule has 1 saturated heterocycles. The number of nitrogens with two attached hydrogens (primary N) is 1. The van der Waals surface area contributed by atoms with Crippen LogP contribution < -0.4 is 10.5 Å². The molecule has 0 saturated carbocycles. The molecule has 1 atom stereocenters. The quantitative estimate of drug-likeness (QED) is 0.785. The molecular weight excluding hydrogens is 260 g/mol. The van der Waals surface area contributed by atoms with Crippen molar-refractivity contribution >= 4 is 11.7 Å². The van der Waals surface area contributed by atoms with E-state index in [0.29, 0.717) is 24.7 Å². The smallest absolute Gasteiger partial charge is 0.335 e. The van der Waals surface area contributed by atoms with Crippen molar-refractivity contribution in [1.82, 2.24) is 4.90 Å². The molecular formula is C14H20N2O4. The molecule has 110 valence electrons. The standard InChI is InChI=1S/C14H20N2O4/c1-2-16-5-6-19-11(8-16)9-20-13-7-10(14(17)18)3-4-12(13)15/h3-4,7,11H,2,5-6,8-9,15H2,1H3,(H,17,18). The number of carboxylic acid groups (broad SMARTS) is 1. The topological polar surface area (TPSA) is 85.0 Å². The summed E-state index contributed by atoms with van der Waals surface area (Å²) in [7, 11) is 0. The second-order valence-electron chi connectivity index (χ2n) is 4.75. The molecule has 2 rings (SSSR count). The van der Waals surface area contributed by atoms with E-state index in [4.69, 9.17) is 20.3 Å². The molecule has 1 aliphatic heterocycles. The summed E-state index contributed by atoms with van der Waals surface area (Å²) in [6.07, 6.45) is -0.0171. The lowest BCUT2D eigenvalue weighted by atomic mass is 10.2. The van der Waals surface area contributed by atoms with Gasteiger partial charge in [0, 0.05) is 13.1 Å². The highest BCUT2D eigenvalue weighted by molar-refractivity contribution is 5.89. The van der Waals surface area contributed by atoms with Gasteiger partial charge in [0.15, 0.2) is 0 Å². The van der Waals surface area contributed by atoms with E-state index in [1.165, 1.54) is 12.1 Å². The monoisotopic (exact) mass is 280 g/mol. The van der Waals surface area contributed by atoms with E-state index < -0.39 is 5.97 Å². The van der Waals surface area contributed by atoms with Crippen LogP contribution in [-0.2, 0) is 4.74 Å². The molecule has 1 unspecified atom stereocenters. The number of morpholine rings is 1. The second-order valence-corrected chi connectivity index (χ2v) is 4.75. The number of ether oxygens (including phenoxy) is 2. The van der Waals surface area contributed by atoms with Crippen molar-refractivity contribution in [2.45, 2.75) is 13.0 Å². The Balaban J connectivity index is 1.96. The van der Waals surface area contributed by atoms with Crippen molar-refractivity contribution in [2.75, 3.05) is 38.6 Å². The molecule has 0 spiro atoms. The Bertz CT molecular complexity index is 478. The number of aromatic carboxylic acids is 1. The first-order valence-electron chi connectivity index (χ1n) is 6.69. The van der Waals surface area contributed by atoms with E-state index >= 15 is 0 Å². The first-order valence-corrected chi connectivity index (χ1v) is 6.69. The summed E-state index contributed by atoms with van der Waals surface area (Å²) in [5.41, 5.74) is 6.38. The van der Waals surface area contributed by atoms with Crippen molar-refractivity contribution in [2.24, 2.45) is 0 Å². The number of anilines is 1. The van der Waals surface area contributed by atoms with Gasteiger partial charge in [-0.3, -0.25) is 4.90 Å². The summed E-state index contributed by atoms with van der Waals surface area (Å²) < 4.78 is 11.2. The fourth-order valence-electron chi connectivity index (χ4n) is 2.14. The molecule has 0 amide bonds. The van der Waals surface area contributed by atoms with Crippen LogP contribution in [0.2, 0.25) is 0 Å². The maximum Gasteiger partial charge on any atom is 0.335 e. The van der Waals surface area contributed by atoms with Crippen molar-refractivity contribution < 1.29 is 19.4 Å². The van der Waals surface area contributed by atoms with Crippen LogP contribution in [0.4, 0.5) is 5.69 Å². The number of carbonyl (C=O) groups is 1. The van der Waals surface area contributed by atoms with Crippen LogP contribution in [0.15, 0.2) is 18.2 Å². The third-order valence-electron chi connectivity index (χ3n) is 3.36. The minimum absolute atomic E-state index is 0.0171. The van der Waals surface area contributed by atoms with Gasteiger partial charge in [0.2, 0.25) is 0 Å². The largest absolute Gasteiger partial charge is 0.489 e. The Labute approximate surface area is 118 Å². The minimum atomic E-state index is -0.999. The number of nitrogen functional groups attached to an aromatic ring is 1.